The molecule has 0 saturated carbocycles. The first-order chi connectivity index (χ1) is 1.00. The van der Waals surface area contributed by atoms with Crippen molar-refractivity contribution in [2.75, 3.05) is 0 Å². The number of hydrogen-bond acceptors (Lipinski definition) is 1. The fourth-order valence-electron chi connectivity index (χ4n) is 0. The van der Waals surface area contributed by atoms with Crippen LogP contribution in [0.3, 0.4) is 0 Å². The van der Waals surface area contributed by atoms with Gasteiger partial charge in [-0.1, -0.05) is 0 Å². The van der Waals surface area contributed by atoms with Crippen LogP contribution in [0.5, 0.6) is 0 Å². The van der Waals surface area contributed by atoms with Crippen LogP contribution in [0, 0.1) is 0 Å². The van der Waals surface area contributed by atoms with Gasteiger partial charge in [-0.15, -0.1) is 0 Å². The molecule has 0 unspecified atom stereocenters. The zero-order chi connectivity index (χ0) is 2.00. The van der Waals surface area contributed by atoms with Gasteiger partial charge in [-0.25, -0.2) is 0 Å². The van der Waals surface area contributed by atoms with E-state index >= 15 is 0 Å². The van der Waals surface area contributed by atoms with E-state index in [1.165, 1.54) is 0 Å². The van der Waals surface area contributed by atoms with E-state index in [9.17, 15) is 0 Å². The summed E-state index contributed by atoms with van der Waals surface area (Å²) in [4.78, 5) is 0. The Balaban J connectivity index is -0.000000000833. The molecule has 0 heterocycles. The third kappa shape index (κ3) is 8.82. The topological polar surface area (TPSA) is 17.1 Å². The predicted molar refractivity (Wildman–Crippen MR) is 27.1 cm³/mol. The SMILES string of the molecule is [Ba+2].[GaH3].[H-].[H-].[O]=[GeH2]. The molecule has 0 saturated heterocycles. The predicted octanol–water partition coefficient (Wildman–Crippen LogP) is -2.37. The Kier molecular flexibility index (Phi) is 70.7. The van der Waals surface area contributed by atoms with E-state index in [2.05, 4.69) is 0 Å². The van der Waals surface area contributed by atoms with Crippen LogP contribution in [0.15, 0.2) is 0 Å². The Morgan fingerprint density at radius 1 is 1.50 bits per heavy atom. The van der Waals surface area contributed by atoms with Crippen LogP contribution in [0.4, 0.5) is 0 Å². The Hall–Kier alpha value is 2.55. The average Bonchev–Trinajstić information content (AvgIpc) is 1.00. The van der Waals surface area contributed by atoms with Crippen molar-refractivity contribution < 1.29 is 6.63 Å². The van der Waals surface area contributed by atoms with E-state index in [0.29, 0.717) is 0 Å². The van der Waals surface area contributed by atoms with Crippen molar-refractivity contribution in [3.63, 3.8) is 0 Å². The number of rotatable bonds is 0. The van der Waals surface area contributed by atoms with E-state index in [1.54, 1.807) is 0 Å². The van der Waals surface area contributed by atoms with Crippen molar-refractivity contribution in [1.29, 1.82) is 0 Å². The summed E-state index contributed by atoms with van der Waals surface area (Å²) in [7, 11) is 0. The molecule has 1 nitrogen and oxygen atoms in total. The summed E-state index contributed by atoms with van der Waals surface area (Å²) in [6.07, 6.45) is 0. The van der Waals surface area contributed by atoms with Gasteiger partial charge in [0.2, 0.25) is 0 Å². The van der Waals surface area contributed by atoms with Gasteiger partial charge in [0.05, 0.1) is 0 Å². The van der Waals surface area contributed by atoms with Crippen molar-refractivity contribution in [2.24, 2.45) is 0 Å². The summed E-state index contributed by atoms with van der Waals surface area (Å²) in [5, 5.41) is 0. The van der Waals surface area contributed by atoms with E-state index in [1.807, 2.05) is 0 Å². The van der Waals surface area contributed by atoms with Gasteiger partial charge in [-0.3, -0.25) is 0 Å². The van der Waals surface area contributed by atoms with Gasteiger partial charge in [0.1, 0.15) is 0 Å². The number of hydrogen-bond donors (Lipinski definition) is 0. The van der Waals surface area contributed by atoms with Gasteiger partial charge in [0.25, 0.3) is 0 Å². The summed E-state index contributed by atoms with van der Waals surface area (Å²) in [6, 6.07) is 0. The van der Waals surface area contributed by atoms with Crippen molar-refractivity contribution in [3.05, 3.63) is 0 Å². The van der Waals surface area contributed by atoms with Gasteiger partial charge in [0, 0.05) is 0 Å². The van der Waals surface area contributed by atoms with Gasteiger partial charge in [-0.2, -0.15) is 0 Å². The first-order valence-corrected chi connectivity index (χ1v) is 1.50. The van der Waals surface area contributed by atoms with Gasteiger partial charge in [0.15, 0.2) is 0 Å². The summed E-state index contributed by atoms with van der Waals surface area (Å²) in [5.74, 6) is 0. The molecule has 4 heteroatoms. The van der Waals surface area contributed by atoms with Crippen LogP contribution >= 0.6 is 0 Å². The first-order valence-electron chi connectivity index (χ1n) is 0.289. The summed E-state index contributed by atoms with van der Waals surface area (Å²) >= 11 is 0.125. The third-order valence-corrected chi connectivity index (χ3v) is 0. The zero-order valence-electron chi connectivity index (χ0n) is 3.82. The minimum atomic E-state index is 0. The Bertz CT molecular complexity index is 13.5. The van der Waals surface area contributed by atoms with Crippen molar-refractivity contribution in [2.45, 2.75) is 0 Å². The van der Waals surface area contributed by atoms with Crippen LogP contribution in [-0.2, 0) is 3.78 Å². The van der Waals surface area contributed by atoms with E-state index in [0.717, 1.165) is 0 Å². The molecular weight excluding hydrogens is 296 g/mol. The molecule has 0 aliphatic rings. The second-order valence-electron chi connectivity index (χ2n) is 0. The average molecular weight is 303 g/mol. The molecular formula is H7BaGaGeO. The van der Waals surface area contributed by atoms with Gasteiger partial charge < -0.3 is 2.85 Å². The Morgan fingerprint density at radius 2 is 1.50 bits per heavy atom. The Morgan fingerprint density at radius 3 is 1.50 bits per heavy atom. The second-order valence-corrected chi connectivity index (χ2v) is 0. The first kappa shape index (κ1) is 16.0. The van der Waals surface area contributed by atoms with Crippen LogP contribution in [0.25, 0.3) is 0 Å². The monoisotopic (exact) mass is 304 g/mol. The molecule has 0 radical (unpaired) electrons. The van der Waals surface area contributed by atoms with Gasteiger partial charge in [-0.05, 0) is 0 Å². The maximum absolute atomic E-state index is 8.38. The van der Waals surface area contributed by atoms with Crippen LogP contribution in [0.2, 0.25) is 0 Å². The molecule has 0 aliphatic heterocycles. The van der Waals surface area contributed by atoms with Crippen molar-refractivity contribution in [1.82, 2.24) is 0 Å². The molecule has 0 aromatic rings. The summed E-state index contributed by atoms with van der Waals surface area (Å²) in [6.45, 7) is 0. The third-order valence-electron chi connectivity index (χ3n) is 0. The van der Waals surface area contributed by atoms with Crippen LogP contribution in [0.1, 0.15) is 2.85 Å². The van der Waals surface area contributed by atoms with E-state index < -0.39 is 0 Å². The molecule has 0 N–H and O–H groups in total. The molecule has 0 spiro atoms. The molecule has 22 valence electrons. The molecule has 0 aliphatic carbocycles. The summed E-state index contributed by atoms with van der Waals surface area (Å²) < 4.78 is 8.38. The fourth-order valence-corrected chi connectivity index (χ4v) is 0. The molecule has 0 fully saturated rings. The maximum atomic E-state index is 8.38. The van der Waals surface area contributed by atoms with Gasteiger partial charge >= 0.3 is 88.9 Å². The normalized spacial score (nSPS) is 1.00. The Labute approximate surface area is 89.8 Å². The molecule has 0 amide bonds. The molecule has 0 rings (SSSR count). The van der Waals surface area contributed by atoms with Crippen molar-refractivity contribution in [3.8, 4) is 0 Å². The molecule has 0 aromatic heterocycles. The minimum absolute atomic E-state index is 0. The summed E-state index contributed by atoms with van der Waals surface area (Å²) in [5.41, 5.74) is 0. The van der Waals surface area contributed by atoms with E-state index in [4.69, 9.17) is 3.78 Å². The fraction of sp³-hybridized carbons (Fsp3) is 0. The zero-order valence-corrected chi connectivity index (χ0v) is 9.23. The second kappa shape index (κ2) is 17.7. The van der Waals surface area contributed by atoms with Crippen LogP contribution in [-0.4, -0.2) is 85.1 Å². The molecule has 4 heavy (non-hydrogen) atoms. The molecule has 0 atom stereocenters. The standard InChI is InChI=1S/Ba.Ga.GeH2O.5H/c;;1-2;;;;;/h;;1H2;;;;;/q+2;;;;;;2*-1. The molecule has 0 aromatic carbocycles. The quantitative estimate of drug-likeness (QED) is 0.457. The van der Waals surface area contributed by atoms with E-state index in [-0.39, 0.29) is 88.0 Å². The van der Waals surface area contributed by atoms with Crippen LogP contribution < -0.4 is 0 Å². The molecule has 0 bridgehead atoms. The van der Waals surface area contributed by atoms with Crippen molar-refractivity contribution >= 4 is 85.1 Å².